The van der Waals surface area contributed by atoms with E-state index in [-0.39, 0.29) is 11.8 Å². The zero-order valence-corrected chi connectivity index (χ0v) is 10.4. The van der Waals surface area contributed by atoms with E-state index in [4.69, 9.17) is 11.6 Å². The van der Waals surface area contributed by atoms with Crippen molar-refractivity contribution in [2.24, 2.45) is 4.99 Å². The maximum absolute atomic E-state index is 12.0. The van der Waals surface area contributed by atoms with Gasteiger partial charge >= 0.3 is 6.18 Å². The Labute approximate surface area is 110 Å². The maximum atomic E-state index is 12.0. The van der Waals surface area contributed by atoms with Gasteiger partial charge in [-0.25, -0.2) is 4.99 Å². The van der Waals surface area contributed by atoms with Crippen molar-refractivity contribution in [2.75, 3.05) is 5.75 Å². The SMILES string of the molecule is O=C(SCC(F)(F)F)C1(Cl)N=C1c1ccccc1. The molecule has 1 aromatic rings. The smallest absolute Gasteiger partial charge is 0.282 e. The van der Waals surface area contributed by atoms with Gasteiger partial charge in [-0.15, -0.1) is 0 Å². The van der Waals surface area contributed by atoms with Crippen LogP contribution in [0.3, 0.4) is 0 Å². The highest BCUT2D eigenvalue weighted by Gasteiger charge is 2.53. The fourth-order valence-electron chi connectivity index (χ4n) is 1.36. The van der Waals surface area contributed by atoms with Gasteiger partial charge in [-0.2, -0.15) is 13.2 Å². The van der Waals surface area contributed by atoms with Crippen molar-refractivity contribution in [1.29, 1.82) is 0 Å². The Hall–Kier alpha value is -1.01. The molecule has 18 heavy (non-hydrogen) atoms. The third-order valence-corrected chi connectivity index (χ3v) is 3.79. The molecule has 1 unspecified atom stereocenters. The molecule has 0 bridgehead atoms. The number of hydrogen-bond donors (Lipinski definition) is 0. The average Bonchev–Trinajstić information content (AvgIpc) is 3.00. The van der Waals surface area contributed by atoms with Gasteiger partial charge in [-0.1, -0.05) is 53.7 Å². The van der Waals surface area contributed by atoms with E-state index in [1.807, 2.05) is 0 Å². The maximum Gasteiger partial charge on any atom is 0.398 e. The fourth-order valence-corrected chi connectivity index (χ4v) is 2.35. The predicted molar refractivity (Wildman–Crippen MR) is 65.1 cm³/mol. The van der Waals surface area contributed by atoms with E-state index in [9.17, 15) is 18.0 Å². The molecular weight excluding hydrogens is 287 g/mol. The number of thioether (sulfide) groups is 1. The van der Waals surface area contributed by atoms with Gasteiger partial charge in [0.1, 0.15) is 0 Å². The van der Waals surface area contributed by atoms with Crippen LogP contribution >= 0.6 is 23.4 Å². The average molecular weight is 294 g/mol. The van der Waals surface area contributed by atoms with Gasteiger partial charge in [0, 0.05) is 0 Å². The highest BCUT2D eigenvalue weighted by atomic mass is 35.5. The van der Waals surface area contributed by atoms with Crippen molar-refractivity contribution in [3.05, 3.63) is 35.9 Å². The lowest BCUT2D eigenvalue weighted by Crippen LogP contribution is -2.24. The molecule has 0 saturated heterocycles. The molecule has 0 fully saturated rings. The highest BCUT2D eigenvalue weighted by Crippen LogP contribution is 2.41. The van der Waals surface area contributed by atoms with E-state index < -0.39 is 22.0 Å². The first-order valence-electron chi connectivity index (χ1n) is 4.91. The topological polar surface area (TPSA) is 29.4 Å². The normalized spacial score (nSPS) is 22.6. The molecule has 1 heterocycles. The largest absolute Gasteiger partial charge is 0.398 e. The number of rotatable bonds is 3. The fraction of sp³-hybridized carbons (Fsp3) is 0.273. The Morgan fingerprint density at radius 1 is 1.33 bits per heavy atom. The molecule has 0 aromatic heterocycles. The summed E-state index contributed by atoms with van der Waals surface area (Å²) in [6.07, 6.45) is -4.39. The summed E-state index contributed by atoms with van der Waals surface area (Å²) in [5.74, 6) is -1.25. The van der Waals surface area contributed by atoms with Gasteiger partial charge in [-0.3, -0.25) is 4.79 Å². The Balaban J connectivity index is 1.98. The highest BCUT2D eigenvalue weighted by molar-refractivity contribution is 8.14. The van der Waals surface area contributed by atoms with Crippen LogP contribution in [0.4, 0.5) is 13.2 Å². The number of hydrogen-bond acceptors (Lipinski definition) is 3. The van der Waals surface area contributed by atoms with Crippen molar-refractivity contribution in [2.45, 2.75) is 11.2 Å². The van der Waals surface area contributed by atoms with Crippen LogP contribution in [0.5, 0.6) is 0 Å². The molecule has 1 aromatic carbocycles. The van der Waals surface area contributed by atoms with Gasteiger partial charge in [0.25, 0.3) is 0 Å². The van der Waals surface area contributed by atoms with Crippen LogP contribution in [0.25, 0.3) is 0 Å². The number of aliphatic imine (C=N–C) groups is 1. The molecule has 0 radical (unpaired) electrons. The van der Waals surface area contributed by atoms with Crippen LogP contribution in [0.2, 0.25) is 0 Å². The first kappa shape index (κ1) is 13.4. The molecular formula is C11H7ClF3NOS. The number of benzene rings is 1. The quantitative estimate of drug-likeness (QED) is 0.632. The third-order valence-electron chi connectivity index (χ3n) is 2.21. The van der Waals surface area contributed by atoms with Crippen LogP contribution in [0, 0.1) is 0 Å². The Morgan fingerprint density at radius 3 is 2.50 bits per heavy atom. The number of nitrogens with zero attached hydrogens (tertiary/aromatic N) is 1. The molecule has 0 spiro atoms. The minimum Gasteiger partial charge on any atom is -0.282 e. The molecule has 0 aliphatic carbocycles. The van der Waals surface area contributed by atoms with Crippen LogP contribution in [-0.4, -0.2) is 27.8 Å². The molecule has 96 valence electrons. The summed E-state index contributed by atoms with van der Waals surface area (Å²) in [6.45, 7) is 0. The third kappa shape index (κ3) is 2.87. The first-order valence-corrected chi connectivity index (χ1v) is 6.28. The van der Waals surface area contributed by atoms with E-state index in [0.29, 0.717) is 11.3 Å². The van der Waals surface area contributed by atoms with Crippen molar-refractivity contribution in [3.8, 4) is 0 Å². The van der Waals surface area contributed by atoms with Crippen LogP contribution < -0.4 is 0 Å². The molecule has 1 aliphatic heterocycles. The zero-order chi connectivity index (χ0) is 13.4. The van der Waals surface area contributed by atoms with E-state index in [1.165, 1.54) is 0 Å². The minimum absolute atomic E-state index is 0.141. The summed E-state index contributed by atoms with van der Waals surface area (Å²) in [4.78, 5) is 13.8. The van der Waals surface area contributed by atoms with E-state index in [1.54, 1.807) is 30.3 Å². The second-order valence-corrected chi connectivity index (χ2v) is 5.13. The molecule has 0 saturated carbocycles. The Morgan fingerprint density at radius 2 is 1.94 bits per heavy atom. The second kappa shape index (κ2) is 4.59. The molecule has 1 aliphatic rings. The second-order valence-electron chi connectivity index (χ2n) is 3.64. The molecule has 2 nitrogen and oxygen atoms in total. The lowest BCUT2D eigenvalue weighted by molar-refractivity contribution is -0.113. The number of halogens is 4. The van der Waals surface area contributed by atoms with E-state index >= 15 is 0 Å². The molecule has 0 N–H and O–H groups in total. The molecule has 2 rings (SSSR count). The van der Waals surface area contributed by atoms with Crippen LogP contribution in [-0.2, 0) is 4.79 Å². The summed E-state index contributed by atoms with van der Waals surface area (Å²) in [7, 11) is 0. The summed E-state index contributed by atoms with van der Waals surface area (Å²) in [5.41, 5.74) is 0.970. The van der Waals surface area contributed by atoms with Gasteiger partial charge in [0.15, 0.2) is 0 Å². The summed E-state index contributed by atoms with van der Waals surface area (Å²) in [5, 5.41) is -0.791. The van der Waals surface area contributed by atoms with E-state index in [0.717, 1.165) is 0 Å². The Kier molecular flexibility index (Phi) is 3.42. The summed E-state index contributed by atoms with van der Waals surface area (Å²) >= 11 is 6.02. The van der Waals surface area contributed by atoms with E-state index in [2.05, 4.69) is 4.99 Å². The van der Waals surface area contributed by atoms with Crippen molar-refractivity contribution in [3.63, 3.8) is 0 Å². The van der Waals surface area contributed by atoms with Crippen LogP contribution in [0.1, 0.15) is 5.56 Å². The van der Waals surface area contributed by atoms with Gasteiger partial charge < -0.3 is 0 Å². The van der Waals surface area contributed by atoms with Gasteiger partial charge in [0.2, 0.25) is 10.1 Å². The zero-order valence-electron chi connectivity index (χ0n) is 8.87. The standard InChI is InChI=1S/C11H7ClF3NOS/c12-11(9(17)18-6-10(13,14)15)8(16-11)7-4-2-1-3-5-7/h1-5H,6H2. The number of carbonyl (C=O) groups excluding carboxylic acids is 1. The molecule has 0 amide bonds. The monoisotopic (exact) mass is 293 g/mol. The number of carbonyl (C=O) groups is 1. The van der Waals surface area contributed by atoms with Gasteiger partial charge in [-0.05, 0) is 5.56 Å². The van der Waals surface area contributed by atoms with Crippen molar-refractivity contribution < 1.29 is 18.0 Å². The predicted octanol–water partition coefficient (Wildman–Crippen LogP) is 3.25. The summed E-state index contributed by atoms with van der Waals surface area (Å²) in [6, 6.07) is 8.65. The molecule has 7 heteroatoms. The first-order chi connectivity index (χ1) is 8.33. The minimum atomic E-state index is -4.39. The van der Waals surface area contributed by atoms with Crippen molar-refractivity contribution >= 4 is 34.2 Å². The van der Waals surface area contributed by atoms with Crippen molar-refractivity contribution in [1.82, 2.24) is 0 Å². The lowest BCUT2D eigenvalue weighted by Gasteiger charge is -2.07. The number of alkyl halides is 4. The summed E-state index contributed by atoms with van der Waals surface area (Å²) < 4.78 is 36.0. The lowest BCUT2D eigenvalue weighted by atomic mass is 10.1. The van der Waals surface area contributed by atoms with Gasteiger partial charge in [0.05, 0.1) is 11.5 Å². The molecule has 1 atom stereocenters. The Bertz CT molecular complexity index is 503. The van der Waals surface area contributed by atoms with Crippen LogP contribution in [0.15, 0.2) is 35.3 Å².